The summed E-state index contributed by atoms with van der Waals surface area (Å²) in [5.41, 5.74) is 0. The van der Waals surface area contributed by atoms with E-state index in [1.807, 2.05) is 18.9 Å². The molecule has 0 aromatic heterocycles. The second-order valence-corrected chi connectivity index (χ2v) is 7.22. The van der Waals surface area contributed by atoms with Gasteiger partial charge in [-0.1, -0.05) is 0 Å². The van der Waals surface area contributed by atoms with Crippen molar-refractivity contribution in [1.82, 2.24) is 20.0 Å². The van der Waals surface area contributed by atoms with E-state index in [2.05, 4.69) is 10.2 Å². The standard InChI is InChI=1S/C17H30N4O3/c1-13(16(22)18-12-15-4-3-11-24-15)20-7-5-14(6-8-20)21-10-9-19(2)17(21)23/h13-15H,3-12H2,1-2H3,(H,18,22). The average Bonchev–Trinajstić information content (AvgIpc) is 3.23. The number of nitrogens with one attached hydrogen (secondary N) is 1. The lowest BCUT2D eigenvalue weighted by atomic mass is 10.0. The molecular formula is C17H30N4O3. The van der Waals surface area contributed by atoms with Crippen LogP contribution < -0.4 is 5.32 Å². The van der Waals surface area contributed by atoms with E-state index in [0.29, 0.717) is 12.6 Å². The van der Waals surface area contributed by atoms with Crippen molar-refractivity contribution >= 4 is 11.9 Å². The third-order valence-corrected chi connectivity index (χ3v) is 5.64. The molecule has 1 N–H and O–H groups in total. The van der Waals surface area contributed by atoms with Gasteiger partial charge in [0.25, 0.3) is 0 Å². The maximum atomic E-state index is 12.4. The number of hydrogen-bond acceptors (Lipinski definition) is 4. The van der Waals surface area contributed by atoms with Crippen molar-refractivity contribution in [2.45, 2.75) is 50.8 Å². The van der Waals surface area contributed by atoms with Crippen LogP contribution in [0.15, 0.2) is 0 Å². The zero-order valence-corrected chi connectivity index (χ0v) is 14.9. The Balaban J connectivity index is 1.42. The number of piperidine rings is 1. The molecule has 0 aromatic rings. The molecule has 3 amide bonds. The Morgan fingerprint density at radius 2 is 2.00 bits per heavy atom. The van der Waals surface area contributed by atoms with Crippen molar-refractivity contribution in [2.75, 3.05) is 46.4 Å². The van der Waals surface area contributed by atoms with E-state index in [1.165, 1.54) is 0 Å². The molecule has 0 radical (unpaired) electrons. The first-order valence-electron chi connectivity index (χ1n) is 9.21. The van der Waals surface area contributed by atoms with Gasteiger partial charge in [0.15, 0.2) is 0 Å². The molecule has 3 heterocycles. The Kier molecular flexibility index (Phi) is 5.61. The summed E-state index contributed by atoms with van der Waals surface area (Å²) >= 11 is 0. The Bertz CT molecular complexity index is 459. The van der Waals surface area contributed by atoms with Gasteiger partial charge in [-0.05, 0) is 32.6 Å². The number of urea groups is 1. The van der Waals surface area contributed by atoms with Crippen LogP contribution >= 0.6 is 0 Å². The van der Waals surface area contributed by atoms with Crippen molar-refractivity contribution in [3.8, 4) is 0 Å². The first kappa shape index (κ1) is 17.5. The highest BCUT2D eigenvalue weighted by Gasteiger charge is 2.35. The minimum absolute atomic E-state index is 0.0842. The van der Waals surface area contributed by atoms with Gasteiger partial charge in [-0.3, -0.25) is 9.69 Å². The van der Waals surface area contributed by atoms with E-state index < -0.39 is 0 Å². The highest BCUT2D eigenvalue weighted by atomic mass is 16.5. The van der Waals surface area contributed by atoms with Gasteiger partial charge in [0, 0.05) is 52.4 Å². The number of likely N-dealkylation sites (tertiary alicyclic amines) is 1. The van der Waals surface area contributed by atoms with Gasteiger partial charge in [-0.2, -0.15) is 0 Å². The molecule has 7 nitrogen and oxygen atoms in total. The van der Waals surface area contributed by atoms with Crippen LogP contribution in [0.3, 0.4) is 0 Å². The summed E-state index contributed by atoms with van der Waals surface area (Å²) in [4.78, 5) is 30.5. The van der Waals surface area contributed by atoms with E-state index in [4.69, 9.17) is 4.74 Å². The predicted molar refractivity (Wildman–Crippen MR) is 90.8 cm³/mol. The lowest BCUT2D eigenvalue weighted by molar-refractivity contribution is -0.127. The lowest BCUT2D eigenvalue weighted by Crippen LogP contribution is -2.52. The molecule has 2 atom stereocenters. The first-order valence-corrected chi connectivity index (χ1v) is 9.21. The van der Waals surface area contributed by atoms with E-state index in [0.717, 1.165) is 58.5 Å². The lowest BCUT2D eigenvalue weighted by Gasteiger charge is -2.38. The van der Waals surface area contributed by atoms with E-state index in [1.54, 1.807) is 4.90 Å². The number of rotatable bonds is 5. The average molecular weight is 338 g/mol. The summed E-state index contributed by atoms with van der Waals surface area (Å²) < 4.78 is 5.55. The topological polar surface area (TPSA) is 65.1 Å². The highest BCUT2D eigenvalue weighted by molar-refractivity contribution is 5.81. The molecule has 0 aromatic carbocycles. The van der Waals surface area contributed by atoms with Crippen LogP contribution in [0.1, 0.15) is 32.6 Å². The summed E-state index contributed by atoms with van der Waals surface area (Å²) in [6.45, 7) is 6.79. The Labute approximate surface area is 144 Å². The second-order valence-electron chi connectivity index (χ2n) is 7.22. The van der Waals surface area contributed by atoms with Crippen LogP contribution in [0.5, 0.6) is 0 Å². The minimum Gasteiger partial charge on any atom is -0.376 e. The van der Waals surface area contributed by atoms with Gasteiger partial charge >= 0.3 is 6.03 Å². The van der Waals surface area contributed by atoms with Crippen molar-refractivity contribution in [1.29, 1.82) is 0 Å². The van der Waals surface area contributed by atoms with E-state index in [-0.39, 0.29) is 24.1 Å². The molecule has 24 heavy (non-hydrogen) atoms. The number of carbonyl (C=O) groups excluding carboxylic acids is 2. The number of carbonyl (C=O) groups is 2. The quantitative estimate of drug-likeness (QED) is 0.793. The molecule has 0 aliphatic carbocycles. The number of amides is 3. The van der Waals surface area contributed by atoms with Crippen LogP contribution in [0, 0.1) is 0 Å². The molecule has 0 bridgehead atoms. The fraction of sp³-hybridized carbons (Fsp3) is 0.882. The predicted octanol–water partition coefficient (Wildman–Crippen LogP) is 0.502. The summed E-state index contributed by atoms with van der Waals surface area (Å²) in [7, 11) is 1.86. The molecule has 3 saturated heterocycles. The summed E-state index contributed by atoms with van der Waals surface area (Å²) in [5.74, 6) is 0.0842. The normalized spacial score (nSPS) is 27.8. The Morgan fingerprint density at radius 1 is 1.25 bits per heavy atom. The van der Waals surface area contributed by atoms with Crippen molar-refractivity contribution in [3.05, 3.63) is 0 Å². The molecular weight excluding hydrogens is 308 g/mol. The van der Waals surface area contributed by atoms with Crippen LogP contribution in [0.2, 0.25) is 0 Å². The summed E-state index contributed by atoms with van der Waals surface area (Å²) in [5, 5.41) is 3.02. The highest BCUT2D eigenvalue weighted by Crippen LogP contribution is 2.22. The zero-order chi connectivity index (χ0) is 17.1. The van der Waals surface area contributed by atoms with E-state index >= 15 is 0 Å². The van der Waals surface area contributed by atoms with Gasteiger partial charge in [-0.15, -0.1) is 0 Å². The van der Waals surface area contributed by atoms with Gasteiger partial charge in [0.1, 0.15) is 0 Å². The summed E-state index contributed by atoms with van der Waals surface area (Å²) in [6.07, 6.45) is 4.21. The monoisotopic (exact) mass is 338 g/mol. The van der Waals surface area contributed by atoms with Crippen LogP contribution in [0.4, 0.5) is 4.79 Å². The van der Waals surface area contributed by atoms with Crippen molar-refractivity contribution < 1.29 is 14.3 Å². The molecule has 136 valence electrons. The number of hydrogen-bond donors (Lipinski definition) is 1. The molecule has 3 aliphatic rings. The first-order chi connectivity index (χ1) is 11.6. The molecule has 0 saturated carbocycles. The Morgan fingerprint density at radius 3 is 2.58 bits per heavy atom. The maximum Gasteiger partial charge on any atom is 0.320 e. The molecule has 0 spiro atoms. The van der Waals surface area contributed by atoms with Gasteiger partial charge in [0.05, 0.1) is 12.1 Å². The fourth-order valence-corrected chi connectivity index (χ4v) is 3.93. The third kappa shape index (κ3) is 3.83. The molecule has 3 aliphatic heterocycles. The fourth-order valence-electron chi connectivity index (χ4n) is 3.93. The smallest absolute Gasteiger partial charge is 0.320 e. The number of ether oxygens (including phenoxy) is 1. The Hall–Kier alpha value is -1.34. The zero-order valence-electron chi connectivity index (χ0n) is 14.9. The molecule has 3 fully saturated rings. The van der Waals surface area contributed by atoms with Gasteiger partial charge in [0.2, 0.25) is 5.91 Å². The second kappa shape index (κ2) is 7.70. The van der Waals surface area contributed by atoms with Crippen LogP contribution in [-0.4, -0.2) is 91.2 Å². The number of nitrogens with zero attached hydrogens (tertiary/aromatic N) is 3. The van der Waals surface area contributed by atoms with Gasteiger partial charge < -0.3 is 19.9 Å². The van der Waals surface area contributed by atoms with Crippen molar-refractivity contribution in [2.24, 2.45) is 0 Å². The molecule has 7 heteroatoms. The number of likely N-dealkylation sites (N-methyl/N-ethyl adjacent to an activating group) is 1. The third-order valence-electron chi connectivity index (χ3n) is 5.64. The van der Waals surface area contributed by atoms with Crippen LogP contribution in [-0.2, 0) is 9.53 Å². The minimum atomic E-state index is -0.121. The summed E-state index contributed by atoms with van der Waals surface area (Å²) in [6, 6.07) is 0.348. The van der Waals surface area contributed by atoms with Crippen molar-refractivity contribution in [3.63, 3.8) is 0 Å². The van der Waals surface area contributed by atoms with Gasteiger partial charge in [-0.25, -0.2) is 4.79 Å². The van der Waals surface area contributed by atoms with E-state index in [9.17, 15) is 9.59 Å². The molecule has 2 unspecified atom stereocenters. The SMILES string of the molecule is CC(C(=O)NCC1CCCO1)N1CCC(N2CCN(C)C2=O)CC1. The molecule has 3 rings (SSSR count). The largest absolute Gasteiger partial charge is 0.376 e. The maximum absolute atomic E-state index is 12.4. The van der Waals surface area contributed by atoms with Crippen LogP contribution in [0.25, 0.3) is 0 Å².